The number of nitrogens with one attached hydrogen (secondary N) is 2. The van der Waals surface area contributed by atoms with Crippen molar-refractivity contribution in [2.75, 3.05) is 10.6 Å². The fourth-order valence-electron chi connectivity index (χ4n) is 2.10. The van der Waals surface area contributed by atoms with Gasteiger partial charge in [0, 0.05) is 11.4 Å². The van der Waals surface area contributed by atoms with E-state index in [1.54, 1.807) is 19.1 Å². The molecule has 0 aliphatic rings. The van der Waals surface area contributed by atoms with Crippen molar-refractivity contribution in [3.8, 4) is 11.8 Å². The van der Waals surface area contributed by atoms with Gasteiger partial charge in [-0.15, -0.1) is 0 Å². The molecule has 0 aromatic heterocycles. The number of alkyl halides is 2. The molecule has 0 spiro atoms. The van der Waals surface area contributed by atoms with Crippen molar-refractivity contribution in [3.05, 3.63) is 54.1 Å². The van der Waals surface area contributed by atoms with Gasteiger partial charge >= 0.3 is 6.61 Å². The zero-order valence-corrected chi connectivity index (χ0v) is 13.5. The Morgan fingerprint density at radius 2 is 1.72 bits per heavy atom. The molecule has 0 unspecified atom stereocenters. The summed E-state index contributed by atoms with van der Waals surface area (Å²) < 4.78 is 28.4. The van der Waals surface area contributed by atoms with Crippen molar-refractivity contribution in [1.82, 2.24) is 0 Å². The fourth-order valence-corrected chi connectivity index (χ4v) is 2.10. The quantitative estimate of drug-likeness (QED) is 0.801. The molecule has 0 bridgehead atoms. The Morgan fingerprint density at radius 3 is 2.28 bits per heavy atom. The van der Waals surface area contributed by atoms with Gasteiger partial charge in [0.15, 0.2) is 0 Å². The van der Waals surface area contributed by atoms with Crippen molar-refractivity contribution in [3.63, 3.8) is 0 Å². The van der Waals surface area contributed by atoms with Gasteiger partial charge in [-0.3, -0.25) is 4.79 Å². The molecule has 2 N–H and O–H groups in total. The maximum absolute atomic E-state index is 12.2. The number of hydrogen-bond acceptors (Lipinski definition) is 4. The van der Waals surface area contributed by atoms with Gasteiger partial charge in [0.25, 0.3) is 0 Å². The highest BCUT2D eigenvalue weighted by atomic mass is 19.3. The molecule has 2 aromatic rings. The van der Waals surface area contributed by atoms with Crippen LogP contribution in [-0.4, -0.2) is 18.6 Å². The molecular weight excluding hydrogens is 328 g/mol. The van der Waals surface area contributed by atoms with Crippen LogP contribution in [0.3, 0.4) is 0 Å². The second kappa shape index (κ2) is 8.64. The maximum Gasteiger partial charge on any atom is 0.387 e. The zero-order chi connectivity index (χ0) is 18.2. The summed E-state index contributed by atoms with van der Waals surface area (Å²) in [5.74, 6) is -0.250. The van der Waals surface area contributed by atoms with Crippen molar-refractivity contribution < 1.29 is 18.3 Å². The van der Waals surface area contributed by atoms with Crippen LogP contribution >= 0.6 is 0 Å². The predicted octanol–water partition coefficient (Wildman–Crippen LogP) is 3.79. The maximum atomic E-state index is 12.2. The third kappa shape index (κ3) is 5.77. The number of nitriles is 1. The van der Waals surface area contributed by atoms with E-state index in [-0.39, 0.29) is 11.7 Å². The molecule has 2 rings (SSSR count). The molecule has 0 heterocycles. The summed E-state index contributed by atoms with van der Waals surface area (Å²) in [5.41, 5.74) is 2.13. The lowest BCUT2D eigenvalue weighted by molar-refractivity contribution is -0.116. The van der Waals surface area contributed by atoms with E-state index in [4.69, 9.17) is 5.26 Å². The number of benzene rings is 2. The lowest BCUT2D eigenvalue weighted by Gasteiger charge is -2.15. The lowest BCUT2D eigenvalue weighted by Crippen LogP contribution is -2.31. The molecule has 1 amide bonds. The van der Waals surface area contributed by atoms with Crippen molar-refractivity contribution in [2.45, 2.75) is 26.0 Å². The Kier molecular flexibility index (Phi) is 6.29. The van der Waals surface area contributed by atoms with Gasteiger partial charge < -0.3 is 15.4 Å². The molecule has 2 aromatic carbocycles. The topological polar surface area (TPSA) is 74.2 Å². The van der Waals surface area contributed by atoms with Gasteiger partial charge in [0.05, 0.1) is 12.5 Å². The number of anilines is 2. The van der Waals surface area contributed by atoms with E-state index in [2.05, 4.69) is 21.4 Å². The number of halogens is 2. The van der Waals surface area contributed by atoms with Crippen LogP contribution in [0, 0.1) is 11.3 Å². The minimum Gasteiger partial charge on any atom is -0.435 e. The molecule has 0 radical (unpaired) electrons. The van der Waals surface area contributed by atoms with E-state index >= 15 is 0 Å². The van der Waals surface area contributed by atoms with Crippen LogP contribution in [0.2, 0.25) is 0 Å². The number of nitrogens with zero attached hydrogens (tertiary/aromatic N) is 1. The lowest BCUT2D eigenvalue weighted by atomic mass is 10.1. The van der Waals surface area contributed by atoms with E-state index in [1.807, 2.05) is 12.1 Å². The molecular formula is C18H17F2N3O2. The third-order valence-electron chi connectivity index (χ3n) is 3.36. The van der Waals surface area contributed by atoms with E-state index in [9.17, 15) is 13.6 Å². The van der Waals surface area contributed by atoms with E-state index in [0.717, 1.165) is 11.3 Å². The first-order valence-corrected chi connectivity index (χ1v) is 7.56. The highest BCUT2D eigenvalue weighted by molar-refractivity contribution is 5.96. The highest BCUT2D eigenvalue weighted by Gasteiger charge is 2.13. The summed E-state index contributed by atoms with van der Waals surface area (Å²) in [4.78, 5) is 12.2. The number of rotatable bonds is 7. The number of hydrogen-bond donors (Lipinski definition) is 2. The minimum absolute atomic E-state index is 0.0247. The van der Waals surface area contributed by atoms with Crippen molar-refractivity contribution >= 4 is 17.3 Å². The smallest absolute Gasteiger partial charge is 0.387 e. The molecule has 0 fully saturated rings. The van der Waals surface area contributed by atoms with Gasteiger partial charge in [0.1, 0.15) is 11.8 Å². The second-order valence-electron chi connectivity index (χ2n) is 5.29. The standard InChI is InChI=1S/C18H17F2N3O2/c1-12(22-14-4-2-13(3-5-14)10-11-21)17(24)23-15-6-8-16(9-7-15)25-18(19)20/h2-9,12,18,22H,10H2,1H3,(H,23,24)/t12-/m0/s1. The average Bonchev–Trinajstić information content (AvgIpc) is 2.58. The molecule has 130 valence electrons. The third-order valence-corrected chi connectivity index (χ3v) is 3.36. The first-order valence-electron chi connectivity index (χ1n) is 7.56. The van der Waals surface area contributed by atoms with Gasteiger partial charge in [-0.1, -0.05) is 12.1 Å². The summed E-state index contributed by atoms with van der Waals surface area (Å²) in [6.45, 7) is -1.18. The van der Waals surface area contributed by atoms with Crippen LogP contribution in [0.25, 0.3) is 0 Å². The number of amides is 1. The van der Waals surface area contributed by atoms with E-state index < -0.39 is 12.7 Å². The second-order valence-corrected chi connectivity index (χ2v) is 5.29. The van der Waals surface area contributed by atoms with Crippen LogP contribution in [0.5, 0.6) is 5.75 Å². The van der Waals surface area contributed by atoms with Crippen LogP contribution < -0.4 is 15.4 Å². The summed E-state index contributed by atoms with van der Waals surface area (Å²) in [6, 6.07) is 14.5. The number of carbonyl (C=O) groups excluding carboxylic acids is 1. The van der Waals surface area contributed by atoms with Gasteiger partial charge in [-0.05, 0) is 48.9 Å². The molecule has 0 saturated carbocycles. The first kappa shape index (κ1) is 18.2. The zero-order valence-electron chi connectivity index (χ0n) is 13.5. The predicted molar refractivity (Wildman–Crippen MR) is 90.5 cm³/mol. The Bertz CT molecular complexity index is 740. The minimum atomic E-state index is -2.88. The van der Waals surface area contributed by atoms with Crippen molar-refractivity contribution in [1.29, 1.82) is 5.26 Å². The van der Waals surface area contributed by atoms with E-state index in [1.165, 1.54) is 24.3 Å². The van der Waals surface area contributed by atoms with Crippen molar-refractivity contribution in [2.24, 2.45) is 0 Å². The first-order chi connectivity index (χ1) is 12.0. The molecule has 5 nitrogen and oxygen atoms in total. The highest BCUT2D eigenvalue weighted by Crippen LogP contribution is 2.18. The molecule has 7 heteroatoms. The monoisotopic (exact) mass is 345 g/mol. The molecule has 25 heavy (non-hydrogen) atoms. The Hall–Kier alpha value is -3.14. The summed E-state index contributed by atoms with van der Waals surface area (Å²) in [5, 5.41) is 14.4. The largest absolute Gasteiger partial charge is 0.435 e. The number of carbonyl (C=O) groups is 1. The summed E-state index contributed by atoms with van der Waals surface area (Å²) in [6.07, 6.45) is 0.335. The van der Waals surface area contributed by atoms with Gasteiger partial charge in [0.2, 0.25) is 5.91 Å². The van der Waals surface area contributed by atoms with Crippen LogP contribution in [0.15, 0.2) is 48.5 Å². The Morgan fingerprint density at radius 1 is 1.12 bits per heavy atom. The normalized spacial score (nSPS) is 11.5. The summed E-state index contributed by atoms with van der Waals surface area (Å²) in [7, 11) is 0. The van der Waals surface area contributed by atoms with E-state index in [0.29, 0.717) is 12.1 Å². The fraction of sp³-hybridized carbons (Fsp3) is 0.222. The van der Waals surface area contributed by atoms with Gasteiger partial charge in [-0.2, -0.15) is 14.0 Å². The summed E-state index contributed by atoms with van der Waals surface area (Å²) >= 11 is 0. The Balaban J connectivity index is 1.90. The molecule has 0 aliphatic heterocycles. The molecule has 0 aliphatic carbocycles. The van der Waals surface area contributed by atoms with Crippen LogP contribution in [-0.2, 0) is 11.2 Å². The SMILES string of the molecule is C[C@H](Nc1ccc(CC#N)cc1)C(=O)Nc1ccc(OC(F)F)cc1. The average molecular weight is 345 g/mol. The van der Waals surface area contributed by atoms with Gasteiger partial charge in [-0.25, -0.2) is 0 Å². The Labute approximate surface area is 144 Å². The molecule has 1 atom stereocenters. The van der Waals surface area contributed by atoms with Crippen LogP contribution in [0.1, 0.15) is 12.5 Å². The molecule has 0 saturated heterocycles. The number of ether oxygens (including phenoxy) is 1. The van der Waals surface area contributed by atoms with Crippen LogP contribution in [0.4, 0.5) is 20.2 Å².